The molecule has 7 nitrogen and oxygen atoms in total. The molecule has 28 heavy (non-hydrogen) atoms. The molecule has 1 aromatic heterocycles. The lowest BCUT2D eigenvalue weighted by Gasteiger charge is -2.17. The van der Waals surface area contributed by atoms with Crippen LogP contribution in [-0.4, -0.2) is 32.9 Å². The van der Waals surface area contributed by atoms with Crippen molar-refractivity contribution in [1.29, 1.82) is 0 Å². The highest BCUT2D eigenvalue weighted by Crippen LogP contribution is 2.24. The van der Waals surface area contributed by atoms with Crippen LogP contribution < -0.4 is 5.32 Å². The highest BCUT2D eigenvalue weighted by molar-refractivity contribution is 5.92. The number of hydrogen-bond acceptors (Lipinski definition) is 5. The summed E-state index contributed by atoms with van der Waals surface area (Å²) < 4.78 is 5.58. The van der Waals surface area contributed by atoms with Crippen LogP contribution in [0.1, 0.15) is 40.7 Å². The molecule has 2 aromatic carbocycles. The number of aromatic nitrogens is 3. The van der Waals surface area contributed by atoms with E-state index >= 15 is 0 Å². The summed E-state index contributed by atoms with van der Waals surface area (Å²) in [5, 5.41) is 11.4. The Labute approximate surface area is 162 Å². The van der Waals surface area contributed by atoms with Crippen LogP contribution in [-0.2, 0) is 9.53 Å². The number of nitrogens with zero attached hydrogens (tertiary/aromatic N) is 3. The first-order chi connectivity index (χ1) is 13.6. The van der Waals surface area contributed by atoms with Crippen molar-refractivity contribution in [2.75, 3.05) is 0 Å². The van der Waals surface area contributed by atoms with Gasteiger partial charge in [-0.15, -0.1) is 5.10 Å². The fourth-order valence-corrected chi connectivity index (χ4v) is 2.81. The smallest absolute Gasteiger partial charge is 0.361 e. The molecule has 1 N–H and O–H groups in total. The molecule has 4 rings (SSSR count). The zero-order valence-corrected chi connectivity index (χ0v) is 15.4. The third kappa shape index (κ3) is 3.93. The Bertz CT molecular complexity index is 981. The topological polar surface area (TPSA) is 86.1 Å². The maximum atomic E-state index is 12.8. The lowest BCUT2D eigenvalue weighted by molar-refractivity contribution is -0.130. The van der Waals surface area contributed by atoms with Gasteiger partial charge >= 0.3 is 5.97 Å². The Morgan fingerprint density at radius 1 is 1.04 bits per heavy atom. The van der Waals surface area contributed by atoms with Crippen LogP contribution >= 0.6 is 0 Å². The molecule has 3 aromatic rings. The van der Waals surface area contributed by atoms with E-state index in [1.54, 1.807) is 31.2 Å². The molecular formula is C21H20N4O3. The molecule has 0 bridgehead atoms. The summed E-state index contributed by atoms with van der Waals surface area (Å²) in [6.07, 6.45) is 0.868. The second-order valence-corrected chi connectivity index (χ2v) is 6.74. The van der Waals surface area contributed by atoms with Crippen molar-refractivity contribution in [3.63, 3.8) is 0 Å². The van der Waals surface area contributed by atoms with Gasteiger partial charge in [0.15, 0.2) is 5.69 Å². The van der Waals surface area contributed by atoms with Gasteiger partial charge in [0.25, 0.3) is 5.91 Å². The molecule has 0 spiro atoms. The van der Waals surface area contributed by atoms with E-state index in [9.17, 15) is 9.59 Å². The van der Waals surface area contributed by atoms with Gasteiger partial charge in [0, 0.05) is 11.6 Å². The van der Waals surface area contributed by atoms with Crippen molar-refractivity contribution in [2.24, 2.45) is 0 Å². The van der Waals surface area contributed by atoms with E-state index in [-0.39, 0.29) is 17.6 Å². The Balaban J connectivity index is 1.57. The van der Waals surface area contributed by atoms with Crippen molar-refractivity contribution >= 4 is 11.9 Å². The highest BCUT2D eigenvalue weighted by atomic mass is 16.5. The average molecular weight is 376 g/mol. The first-order valence-electron chi connectivity index (χ1n) is 9.17. The summed E-state index contributed by atoms with van der Waals surface area (Å²) in [6, 6.07) is 18.4. The number of carbonyl (C=O) groups is 2. The van der Waals surface area contributed by atoms with Crippen molar-refractivity contribution in [3.05, 3.63) is 77.6 Å². The molecule has 1 fully saturated rings. The number of amides is 1. The largest absolute Gasteiger partial charge is 0.442 e. The third-order valence-electron chi connectivity index (χ3n) is 4.45. The summed E-state index contributed by atoms with van der Waals surface area (Å²) in [7, 11) is 0. The SMILES string of the molecule is Cc1nn(-c2ccccc2)nc1C(=O)O[C@H](C(=O)NC1CC1)c1ccccc1. The van der Waals surface area contributed by atoms with E-state index in [1.165, 1.54) is 4.80 Å². The maximum absolute atomic E-state index is 12.8. The molecular weight excluding hydrogens is 356 g/mol. The van der Waals surface area contributed by atoms with Gasteiger partial charge in [-0.05, 0) is 31.9 Å². The standard InChI is InChI=1S/C21H20N4O3/c1-14-18(24-25(23-14)17-10-6-3-7-11-17)21(27)28-19(15-8-4-2-5-9-15)20(26)22-16-12-13-16/h2-11,16,19H,12-13H2,1H3,(H,22,26)/t19-/m0/s1. The van der Waals surface area contributed by atoms with Gasteiger partial charge < -0.3 is 10.1 Å². The molecule has 7 heteroatoms. The third-order valence-corrected chi connectivity index (χ3v) is 4.45. The maximum Gasteiger partial charge on any atom is 0.361 e. The Hall–Kier alpha value is -3.48. The number of nitrogens with one attached hydrogen (secondary N) is 1. The molecule has 1 amide bonds. The number of carbonyl (C=O) groups excluding carboxylic acids is 2. The molecule has 1 heterocycles. The van der Waals surface area contributed by atoms with E-state index in [0.717, 1.165) is 18.5 Å². The van der Waals surface area contributed by atoms with Crippen LogP contribution in [0.3, 0.4) is 0 Å². The number of rotatable bonds is 6. The lowest BCUT2D eigenvalue weighted by atomic mass is 10.1. The van der Waals surface area contributed by atoms with Crippen LogP contribution in [0.15, 0.2) is 60.7 Å². The van der Waals surface area contributed by atoms with Gasteiger partial charge in [0.2, 0.25) is 6.10 Å². The summed E-state index contributed by atoms with van der Waals surface area (Å²) in [5.74, 6) is -1.00. The summed E-state index contributed by atoms with van der Waals surface area (Å²) in [5.41, 5.74) is 1.87. The van der Waals surface area contributed by atoms with Crippen molar-refractivity contribution < 1.29 is 14.3 Å². The molecule has 0 radical (unpaired) electrons. The minimum atomic E-state index is -1.03. The molecule has 0 unspecified atom stereocenters. The minimum Gasteiger partial charge on any atom is -0.442 e. The molecule has 1 saturated carbocycles. The number of benzene rings is 2. The Morgan fingerprint density at radius 2 is 1.68 bits per heavy atom. The Kier molecular flexibility index (Phi) is 4.89. The van der Waals surface area contributed by atoms with E-state index in [1.807, 2.05) is 36.4 Å². The zero-order valence-electron chi connectivity index (χ0n) is 15.4. The van der Waals surface area contributed by atoms with Gasteiger partial charge in [-0.3, -0.25) is 4.79 Å². The van der Waals surface area contributed by atoms with Crippen LogP contribution in [0.2, 0.25) is 0 Å². The molecule has 1 aliphatic carbocycles. The Morgan fingerprint density at radius 3 is 2.32 bits per heavy atom. The summed E-state index contributed by atoms with van der Waals surface area (Å²) in [4.78, 5) is 26.8. The summed E-state index contributed by atoms with van der Waals surface area (Å²) in [6.45, 7) is 1.69. The number of aryl methyl sites for hydroxylation is 1. The first-order valence-corrected chi connectivity index (χ1v) is 9.17. The number of esters is 1. The molecule has 1 atom stereocenters. The van der Waals surface area contributed by atoms with E-state index in [4.69, 9.17) is 4.74 Å². The predicted octanol–water partition coefficient (Wildman–Crippen LogP) is 2.75. The second kappa shape index (κ2) is 7.64. The lowest BCUT2D eigenvalue weighted by Crippen LogP contribution is -2.33. The van der Waals surface area contributed by atoms with Crippen LogP contribution in [0, 0.1) is 6.92 Å². The van der Waals surface area contributed by atoms with E-state index < -0.39 is 12.1 Å². The van der Waals surface area contributed by atoms with Crippen molar-refractivity contribution in [3.8, 4) is 5.69 Å². The number of para-hydroxylation sites is 1. The van der Waals surface area contributed by atoms with Crippen LogP contribution in [0.4, 0.5) is 0 Å². The van der Waals surface area contributed by atoms with Gasteiger partial charge in [-0.1, -0.05) is 48.5 Å². The minimum absolute atomic E-state index is 0.0870. The monoisotopic (exact) mass is 376 g/mol. The van der Waals surface area contributed by atoms with Gasteiger partial charge in [-0.25, -0.2) is 4.79 Å². The first kappa shape index (κ1) is 17.9. The fourth-order valence-electron chi connectivity index (χ4n) is 2.81. The van der Waals surface area contributed by atoms with Crippen molar-refractivity contribution in [2.45, 2.75) is 31.9 Å². The van der Waals surface area contributed by atoms with Crippen LogP contribution in [0.25, 0.3) is 5.69 Å². The van der Waals surface area contributed by atoms with Crippen molar-refractivity contribution in [1.82, 2.24) is 20.3 Å². The van der Waals surface area contributed by atoms with E-state index in [2.05, 4.69) is 15.5 Å². The zero-order chi connectivity index (χ0) is 19.5. The predicted molar refractivity (Wildman–Crippen MR) is 102 cm³/mol. The number of hydrogen-bond donors (Lipinski definition) is 1. The molecule has 0 saturated heterocycles. The highest BCUT2D eigenvalue weighted by Gasteiger charge is 2.32. The second-order valence-electron chi connectivity index (χ2n) is 6.74. The fraction of sp³-hybridized carbons (Fsp3) is 0.238. The van der Waals surface area contributed by atoms with Crippen LogP contribution in [0.5, 0.6) is 0 Å². The number of ether oxygens (including phenoxy) is 1. The molecule has 0 aliphatic heterocycles. The van der Waals surface area contributed by atoms with E-state index in [0.29, 0.717) is 11.3 Å². The quantitative estimate of drug-likeness (QED) is 0.669. The normalized spacial score (nSPS) is 14.3. The average Bonchev–Trinajstić information content (AvgIpc) is 3.45. The molecule has 142 valence electrons. The van der Waals surface area contributed by atoms with Gasteiger partial charge in [-0.2, -0.15) is 9.90 Å². The molecule has 1 aliphatic rings. The van der Waals surface area contributed by atoms with Gasteiger partial charge in [0.05, 0.1) is 11.4 Å². The summed E-state index contributed by atoms with van der Waals surface area (Å²) >= 11 is 0. The van der Waals surface area contributed by atoms with Gasteiger partial charge in [0.1, 0.15) is 0 Å².